The Morgan fingerprint density at radius 3 is 2.61 bits per heavy atom. The lowest BCUT2D eigenvalue weighted by Gasteiger charge is -2.09. The number of anilines is 1. The number of methoxy groups -OCH3 is 1. The van der Waals surface area contributed by atoms with Gasteiger partial charge in [0.2, 0.25) is 0 Å². The summed E-state index contributed by atoms with van der Waals surface area (Å²) in [5, 5.41) is 21.6. The number of aliphatic hydroxyl groups excluding tert-OH is 1. The monoisotopic (exact) mass is 332 g/mol. The van der Waals surface area contributed by atoms with Gasteiger partial charge in [0, 0.05) is 12.2 Å². The number of nitrogens with zero attached hydrogens (tertiary/aromatic N) is 3. The Kier molecular flexibility index (Phi) is 4.64. The number of benzene rings is 2. The molecule has 7 heteroatoms. The number of aliphatic hydroxyl groups is 1. The van der Waals surface area contributed by atoms with Crippen LogP contribution in [0.3, 0.4) is 0 Å². The molecule has 120 valence electrons. The van der Waals surface area contributed by atoms with Crippen molar-refractivity contribution in [3.8, 4) is 11.4 Å². The molecule has 6 nitrogen and oxygen atoms in total. The highest BCUT2D eigenvalue weighted by Gasteiger charge is 2.07. The zero-order chi connectivity index (χ0) is 16.2. The summed E-state index contributed by atoms with van der Waals surface area (Å²) in [6, 6.07) is 13.2. The van der Waals surface area contributed by atoms with E-state index in [-0.39, 0.29) is 5.88 Å². The van der Waals surface area contributed by atoms with Crippen molar-refractivity contribution in [2.45, 2.75) is 6.10 Å². The first-order valence-corrected chi connectivity index (χ1v) is 7.72. The Bertz CT molecular complexity index is 788. The Morgan fingerprint density at radius 2 is 1.91 bits per heavy atom. The van der Waals surface area contributed by atoms with Crippen LogP contribution < -0.4 is 10.1 Å². The van der Waals surface area contributed by atoms with Crippen LogP contribution >= 0.6 is 11.6 Å². The lowest BCUT2D eigenvalue weighted by atomic mass is 10.2. The minimum Gasteiger partial charge on any atom is -0.497 e. The summed E-state index contributed by atoms with van der Waals surface area (Å²) in [4.78, 5) is 1.58. The molecule has 2 N–H and O–H groups in total. The summed E-state index contributed by atoms with van der Waals surface area (Å²) in [5.74, 6) is 0.984. The van der Waals surface area contributed by atoms with E-state index in [1.54, 1.807) is 11.9 Å². The van der Waals surface area contributed by atoms with Crippen molar-refractivity contribution in [2.24, 2.45) is 0 Å². The number of hydrogen-bond acceptors (Lipinski definition) is 5. The van der Waals surface area contributed by atoms with E-state index >= 15 is 0 Å². The number of ether oxygens (including phenoxy) is 1. The molecule has 3 rings (SSSR count). The molecule has 2 aromatic carbocycles. The molecular formula is C16H17ClN4O2. The van der Waals surface area contributed by atoms with Crippen LogP contribution in [0.25, 0.3) is 16.7 Å². The maximum Gasteiger partial charge on any atom is 0.119 e. The van der Waals surface area contributed by atoms with Crippen LogP contribution in [0, 0.1) is 0 Å². The fourth-order valence-corrected chi connectivity index (χ4v) is 2.25. The predicted octanol–water partition coefficient (Wildman–Crippen LogP) is 2.44. The van der Waals surface area contributed by atoms with Gasteiger partial charge in [-0.05, 0) is 42.5 Å². The van der Waals surface area contributed by atoms with E-state index in [0.717, 1.165) is 28.2 Å². The molecule has 1 atom stereocenters. The van der Waals surface area contributed by atoms with Gasteiger partial charge in [-0.1, -0.05) is 0 Å². The first-order chi connectivity index (χ1) is 11.2. The standard InChI is InChI=1S/C16H17ClN4O2/c1-23-14-5-3-12(4-6-14)21-19-15-7-2-11(8-16(15)20-21)18-10-13(22)9-17/h2-8,13,18,22H,9-10H2,1H3. The Morgan fingerprint density at radius 1 is 1.17 bits per heavy atom. The second kappa shape index (κ2) is 6.85. The fourth-order valence-electron chi connectivity index (χ4n) is 2.15. The summed E-state index contributed by atoms with van der Waals surface area (Å²) in [5.41, 5.74) is 3.29. The smallest absolute Gasteiger partial charge is 0.119 e. The van der Waals surface area contributed by atoms with Crippen LogP contribution in [0.15, 0.2) is 42.5 Å². The predicted molar refractivity (Wildman–Crippen MR) is 90.6 cm³/mol. The van der Waals surface area contributed by atoms with Gasteiger partial charge in [0.1, 0.15) is 16.8 Å². The van der Waals surface area contributed by atoms with Crippen molar-refractivity contribution in [3.05, 3.63) is 42.5 Å². The lowest BCUT2D eigenvalue weighted by molar-refractivity contribution is 0.211. The third-order valence-corrected chi connectivity index (χ3v) is 3.76. The van der Waals surface area contributed by atoms with Crippen molar-refractivity contribution in [3.63, 3.8) is 0 Å². The molecule has 23 heavy (non-hydrogen) atoms. The summed E-state index contributed by atoms with van der Waals surface area (Å²) >= 11 is 5.58. The molecule has 0 spiro atoms. The Hall–Kier alpha value is -2.31. The number of fused-ring (bicyclic) bond motifs is 1. The SMILES string of the molecule is COc1ccc(-n2nc3ccc(NCC(O)CCl)cc3n2)cc1. The van der Waals surface area contributed by atoms with E-state index in [0.29, 0.717) is 6.54 Å². The average molecular weight is 333 g/mol. The molecule has 1 heterocycles. The van der Waals surface area contributed by atoms with Gasteiger partial charge in [-0.2, -0.15) is 4.80 Å². The zero-order valence-corrected chi connectivity index (χ0v) is 13.4. The zero-order valence-electron chi connectivity index (χ0n) is 12.6. The van der Waals surface area contributed by atoms with Gasteiger partial charge in [-0.15, -0.1) is 21.8 Å². The van der Waals surface area contributed by atoms with Crippen LogP contribution in [0.1, 0.15) is 0 Å². The largest absolute Gasteiger partial charge is 0.497 e. The first kappa shape index (κ1) is 15.6. The van der Waals surface area contributed by atoms with Crippen molar-refractivity contribution in [2.75, 3.05) is 24.9 Å². The van der Waals surface area contributed by atoms with Crippen molar-refractivity contribution < 1.29 is 9.84 Å². The van der Waals surface area contributed by atoms with E-state index in [1.165, 1.54) is 0 Å². The Labute approximate surface area is 138 Å². The highest BCUT2D eigenvalue weighted by molar-refractivity contribution is 6.18. The van der Waals surface area contributed by atoms with E-state index in [2.05, 4.69) is 15.5 Å². The van der Waals surface area contributed by atoms with Crippen LogP contribution in [-0.2, 0) is 0 Å². The molecule has 1 unspecified atom stereocenters. The van der Waals surface area contributed by atoms with E-state index in [9.17, 15) is 5.11 Å². The number of alkyl halides is 1. The highest BCUT2D eigenvalue weighted by atomic mass is 35.5. The van der Waals surface area contributed by atoms with Gasteiger partial charge in [-0.3, -0.25) is 0 Å². The second-order valence-electron chi connectivity index (χ2n) is 5.08. The molecule has 0 saturated heterocycles. The summed E-state index contributed by atoms with van der Waals surface area (Å²) in [6.45, 7) is 0.390. The van der Waals surface area contributed by atoms with Crippen molar-refractivity contribution in [1.82, 2.24) is 15.0 Å². The number of nitrogens with one attached hydrogen (secondary N) is 1. The molecule has 0 aliphatic carbocycles. The molecule has 0 amide bonds. The number of hydrogen-bond donors (Lipinski definition) is 2. The molecule has 0 saturated carbocycles. The Balaban J connectivity index is 1.83. The third-order valence-electron chi connectivity index (χ3n) is 3.40. The van der Waals surface area contributed by atoms with Gasteiger partial charge >= 0.3 is 0 Å². The molecule has 0 aliphatic heterocycles. The normalized spacial score (nSPS) is 12.3. The van der Waals surface area contributed by atoms with Crippen LogP contribution in [0.2, 0.25) is 0 Å². The minimum atomic E-state index is -0.581. The molecule has 0 radical (unpaired) electrons. The van der Waals surface area contributed by atoms with Crippen molar-refractivity contribution in [1.29, 1.82) is 0 Å². The fraction of sp³-hybridized carbons (Fsp3) is 0.250. The molecular weight excluding hydrogens is 316 g/mol. The van der Waals surface area contributed by atoms with E-state index < -0.39 is 6.10 Å². The second-order valence-corrected chi connectivity index (χ2v) is 5.39. The number of aromatic nitrogens is 3. The van der Waals surface area contributed by atoms with Gasteiger partial charge < -0.3 is 15.2 Å². The van der Waals surface area contributed by atoms with Crippen molar-refractivity contribution >= 4 is 28.3 Å². The summed E-state index contributed by atoms with van der Waals surface area (Å²) < 4.78 is 5.15. The van der Waals surface area contributed by atoms with E-state index in [1.807, 2.05) is 42.5 Å². The molecule has 0 bridgehead atoms. The molecule has 3 aromatic rings. The molecule has 0 fully saturated rings. The first-order valence-electron chi connectivity index (χ1n) is 7.19. The van der Waals surface area contributed by atoms with E-state index in [4.69, 9.17) is 16.3 Å². The molecule has 0 aliphatic rings. The van der Waals surface area contributed by atoms with Gasteiger partial charge in [0.05, 0.1) is 24.8 Å². The van der Waals surface area contributed by atoms with Gasteiger partial charge in [0.25, 0.3) is 0 Å². The minimum absolute atomic E-state index is 0.197. The van der Waals surface area contributed by atoms with Gasteiger partial charge in [0.15, 0.2) is 0 Å². The van der Waals surface area contributed by atoms with Crippen LogP contribution in [0.5, 0.6) is 5.75 Å². The summed E-state index contributed by atoms with van der Waals surface area (Å²) in [6.07, 6.45) is -0.581. The average Bonchev–Trinajstić information content (AvgIpc) is 3.03. The highest BCUT2D eigenvalue weighted by Crippen LogP contribution is 2.19. The lowest BCUT2D eigenvalue weighted by Crippen LogP contribution is -2.20. The maximum absolute atomic E-state index is 9.49. The third kappa shape index (κ3) is 3.55. The van der Waals surface area contributed by atoms with Crippen LogP contribution in [-0.4, -0.2) is 45.7 Å². The number of halogens is 1. The molecule has 1 aromatic heterocycles. The summed E-state index contributed by atoms with van der Waals surface area (Å²) in [7, 11) is 1.63. The van der Waals surface area contributed by atoms with Gasteiger partial charge in [-0.25, -0.2) is 0 Å². The number of rotatable bonds is 6. The van der Waals surface area contributed by atoms with Crippen LogP contribution in [0.4, 0.5) is 5.69 Å². The quantitative estimate of drug-likeness (QED) is 0.678. The topological polar surface area (TPSA) is 72.2 Å². The maximum atomic E-state index is 9.49.